The lowest BCUT2D eigenvalue weighted by molar-refractivity contribution is 0.268. The van der Waals surface area contributed by atoms with Crippen LogP contribution in [0.2, 0.25) is 0 Å². The molecule has 158 valence electrons. The van der Waals surface area contributed by atoms with E-state index in [9.17, 15) is 0 Å². The predicted octanol–water partition coefficient (Wildman–Crippen LogP) is 7.34. The van der Waals surface area contributed by atoms with Gasteiger partial charge in [-0.25, -0.2) is 0 Å². The van der Waals surface area contributed by atoms with E-state index in [1.54, 1.807) is 0 Å². The van der Waals surface area contributed by atoms with Crippen LogP contribution < -0.4 is 14.8 Å². The van der Waals surface area contributed by atoms with Crippen molar-refractivity contribution in [3.63, 3.8) is 0 Å². The summed E-state index contributed by atoms with van der Waals surface area (Å²) in [5.74, 6) is 1.59. The van der Waals surface area contributed by atoms with E-state index in [0.29, 0.717) is 13.2 Å². The molecule has 31 heavy (non-hydrogen) atoms. The van der Waals surface area contributed by atoms with Gasteiger partial charge in [0, 0.05) is 12.2 Å². The van der Waals surface area contributed by atoms with Gasteiger partial charge in [0.05, 0.1) is 10.2 Å². The number of hydrogen-bond donors (Lipinski definition) is 1. The minimum absolute atomic E-state index is 0.498. The van der Waals surface area contributed by atoms with Gasteiger partial charge in [0.2, 0.25) is 0 Å². The van der Waals surface area contributed by atoms with Crippen molar-refractivity contribution in [2.24, 2.45) is 0 Å². The number of hydrogen-bond acceptors (Lipinski definition) is 3. The van der Waals surface area contributed by atoms with Crippen LogP contribution in [0.25, 0.3) is 10.8 Å². The minimum Gasteiger partial charge on any atom is -0.490 e. The van der Waals surface area contributed by atoms with Crippen molar-refractivity contribution in [2.45, 2.75) is 27.0 Å². The fourth-order valence-corrected chi connectivity index (χ4v) is 4.48. The van der Waals surface area contributed by atoms with E-state index >= 15 is 0 Å². The normalized spacial score (nSPS) is 10.8. The van der Waals surface area contributed by atoms with Crippen molar-refractivity contribution >= 4 is 39.1 Å². The number of anilines is 1. The minimum atomic E-state index is 0.498. The summed E-state index contributed by atoms with van der Waals surface area (Å²) >= 11 is 2.34. The van der Waals surface area contributed by atoms with Crippen LogP contribution in [0.1, 0.15) is 23.6 Å². The third-order valence-electron chi connectivity index (χ3n) is 5.25. The Labute approximate surface area is 197 Å². The second-order valence-electron chi connectivity index (χ2n) is 7.43. The Hall–Kier alpha value is -2.73. The highest BCUT2D eigenvalue weighted by Gasteiger charge is 2.13. The van der Waals surface area contributed by atoms with Crippen molar-refractivity contribution < 1.29 is 9.47 Å². The number of fused-ring (bicyclic) bond motifs is 1. The Bertz CT molecular complexity index is 1180. The van der Waals surface area contributed by atoms with Gasteiger partial charge < -0.3 is 14.8 Å². The zero-order chi connectivity index (χ0) is 21.6. The molecule has 4 heteroatoms. The second-order valence-corrected chi connectivity index (χ2v) is 8.60. The molecule has 3 nitrogen and oxygen atoms in total. The fraction of sp³-hybridized carbons (Fsp3) is 0.185. The predicted molar refractivity (Wildman–Crippen MR) is 137 cm³/mol. The van der Waals surface area contributed by atoms with Gasteiger partial charge in [-0.3, -0.25) is 0 Å². The van der Waals surface area contributed by atoms with Crippen LogP contribution in [0.15, 0.2) is 78.9 Å². The third-order valence-corrected chi connectivity index (χ3v) is 6.05. The first-order valence-corrected chi connectivity index (χ1v) is 11.6. The summed E-state index contributed by atoms with van der Waals surface area (Å²) < 4.78 is 13.3. The van der Waals surface area contributed by atoms with Gasteiger partial charge in [0.25, 0.3) is 0 Å². The highest BCUT2D eigenvalue weighted by atomic mass is 127. The molecule has 4 aromatic rings. The maximum Gasteiger partial charge on any atom is 0.174 e. The molecule has 0 saturated carbocycles. The standard InChI is InChI=1S/C27H26INO2/c1-3-30-26-16-20(17-29-25-14-7-4-9-19(25)2)15-24(28)27(26)31-18-22-12-8-11-21-10-5-6-13-23(21)22/h4-16,29H,3,17-18H2,1-2H3. The zero-order valence-corrected chi connectivity index (χ0v) is 20.0. The molecule has 0 amide bonds. The number of benzene rings is 4. The molecule has 4 aromatic carbocycles. The molecule has 0 aliphatic rings. The summed E-state index contributed by atoms with van der Waals surface area (Å²) in [5, 5.41) is 5.97. The SMILES string of the molecule is CCOc1cc(CNc2ccccc2C)cc(I)c1OCc1cccc2ccccc12. The van der Waals surface area contributed by atoms with Gasteiger partial charge in [0.15, 0.2) is 11.5 Å². The van der Waals surface area contributed by atoms with Crippen LogP contribution in [-0.4, -0.2) is 6.61 Å². The fourth-order valence-electron chi connectivity index (χ4n) is 3.66. The summed E-state index contributed by atoms with van der Waals surface area (Å²) in [4.78, 5) is 0. The summed E-state index contributed by atoms with van der Waals surface area (Å²) in [6.45, 7) is 5.93. The number of rotatable bonds is 8. The molecular formula is C27H26INO2. The Morgan fingerprint density at radius 3 is 2.48 bits per heavy atom. The molecule has 0 atom stereocenters. The summed E-state index contributed by atoms with van der Waals surface area (Å²) in [6.07, 6.45) is 0. The lowest BCUT2D eigenvalue weighted by atomic mass is 10.1. The first kappa shape index (κ1) is 21.5. The quantitative estimate of drug-likeness (QED) is 0.245. The maximum absolute atomic E-state index is 6.30. The van der Waals surface area contributed by atoms with E-state index in [4.69, 9.17) is 9.47 Å². The van der Waals surface area contributed by atoms with Crippen LogP contribution >= 0.6 is 22.6 Å². The van der Waals surface area contributed by atoms with Crippen LogP contribution in [0.5, 0.6) is 11.5 Å². The van der Waals surface area contributed by atoms with Crippen molar-refractivity contribution in [2.75, 3.05) is 11.9 Å². The van der Waals surface area contributed by atoms with E-state index in [0.717, 1.165) is 32.9 Å². The molecule has 1 N–H and O–H groups in total. The number of para-hydroxylation sites is 1. The average molecular weight is 523 g/mol. The first-order chi connectivity index (χ1) is 15.2. The smallest absolute Gasteiger partial charge is 0.174 e. The monoisotopic (exact) mass is 523 g/mol. The number of nitrogens with one attached hydrogen (secondary N) is 1. The van der Waals surface area contributed by atoms with E-state index in [1.165, 1.54) is 21.9 Å². The van der Waals surface area contributed by atoms with Gasteiger partial charge in [-0.15, -0.1) is 0 Å². The maximum atomic E-state index is 6.30. The van der Waals surface area contributed by atoms with Gasteiger partial charge in [-0.2, -0.15) is 0 Å². The molecule has 0 spiro atoms. The van der Waals surface area contributed by atoms with Crippen molar-refractivity contribution in [1.29, 1.82) is 0 Å². The first-order valence-electron chi connectivity index (χ1n) is 10.5. The van der Waals surface area contributed by atoms with Crippen LogP contribution in [0.4, 0.5) is 5.69 Å². The van der Waals surface area contributed by atoms with E-state index in [2.05, 4.69) is 114 Å². The molecule has 0 unspecified atom stereocenters. The van der Waals surface area contributed by atoms with Gasteiger partial charge >= 0.3 is 0 Å². The topological polar surface area (TPSA) is 30.5 Å². The van der Waals surface area contributed by atoms with Crippen LogP contribution in [0.3, 0.4) is 0 Å². The van der Waals surface area contributed by atoms with Crippen molar-refractivity contribution in [1.82, 2.24) is 0 Å². The molecule has 0 bridgehead atoms. The highest BCUT2D eigenvalue weighted by molar-refractivity contribution is 14.1. The molecule has 0 aliphatic heterocycles. The number of halogens is 1. The Morgan fingerprint density at radius 2 is 1.65 bits per heavy atom. The van der Waals surface area contributed by atoms with Gasteiger partial charge in [-0.05, 0) is 82.1 Å². The average Bonchev–Trinajstić information content (AvgIpc) is 2.78. The summed E-state index contributed by atoms with van der Waals surface area (Å²) in [5.41, 5.74) is 4.71. The largest absolute Gasteiger partial charge is 0.490 e. The van der Waals surface area contributed by atoms with E-state index < -0.39 is 0 Å². The number of aryl methyl sites for hydroxylation is 1. The third kappa shape index (κ3) is 5.13. The zero-order valence-electron chi connectivity index (χ0n) is 17.8. The van der Waals surface area contributed by atoms with Crippen LogP contribution in [0, 0.1) is 10.5 Å². The molecule has 0 aromatic heterocycles. The van der Waals surface area contributed by atoms with Gasteiger partial charge in [-0.1, -0.05) is 60.7 Å². The van der Waals surface area contributed by atoms with Crippen LogP contribution in [-0.2, 0) is 13.2 Å². The molecule has 4 rings (SSSR count). The van der Waals surface area contributed by atoms with E-state index in [1.807, 2.05) is 6.92 Å². The molecule has 0 radical (unpaired) electrons. The van der Waals surface area contributed by atoms with Crippen molar-refractivity contribution in [3.05, 3.63) is 99.1 Å². The lowest BCUT2D eigenvalue weighted by Crippen LogP contribution is -2.05. The summed E-state index contributed by atoms with van der Waals surface area (Å²) in [7, 11) is 0. The van der Waals surface area contributed by atoms with Crippen molar-refractivity contribution in [3.8, 4) is 11.5 Å². The highest BCUT2D eigenvalue weighted by Crippen LogP contribution is 2.35. The second kappa shape index (κ2) is 10.1. The lowest BCUT2D eigenvalue weighted by Gasteiger charge is -2.17. The molecular weight excluding hydrogens is 497 g/mol. The molecule has 0 heterocycles. The van der Waals surface area contributed by atoms with E-state index in [-0.39, 0.29) is 0 Å². The Kier molecular flexibility index (Phi) is 6.97. The Balaban J connectivity index is 1.55. The van der Waals surface area contributed by atoms with Gasteiger partial charge in [0.1, 0.15) is 6.61 Å². The molecule has 0 aliphatic carbocycles. The molecule has 0 saturated heterocycles. The molecule has 0 fully saturated rings. The summed E-state index contributed by atoms with van der Waals surface area (Å²) in [6, 6.07) is 27.3. The number of ether oxygens (including phenoxy) is 2. The Morgan fingerprint density at radius 1 is 0.871 bits per heavy atom.